The molecule has 4 aromatic carbocycles. The van der Waals surface area contributed by atoms with Crippen LogP contribution < -0.4 is 27.0 Å². The van der Waals surface area contributed by atoms with E-state index in [4.69, 9.17) is 17.3 Å². The fraction of sp³-hybridized carbons (Fsp3) is 0.267. The predicted octanol–water partition coefficient (Wildman–Crippen LogP) is 3.78. The zero-order valence-electron chi connectivity index (χ0n) is 34.0. The Kier molecular flexibility index (Phi) is 14.4. The third kappa shape index (κ3) is 10.6. The van der Waals surface area contributed by atoms with E-state index in [0.29, 0.717) is 35.5 Å². The van der Waals surface area contributed by atoms with Crippen molar-refractivity contribution in [2.75, 3.05) is 20.1 Å². The van der Waals surface area contributed by atoms with E-state index in [9.17, 15) is 39.0 Å². The van der Waals surface area contributed by atoms with Crippen LogP contribution in [0.25, 0.3) is 22.3 Å². The van der Waals surface area contributed by atoms with Crippen LogP contribution in [0.15, 0.2) is 97.3 Å². The first-order valence-electron chi connectivity index (χ1n) is 19.9. The number of ketones is 1. The molecule has 5 amide bonds. The number of unbranched alkanes of at least 4 members (excludes halogenated alkanes) is 1. The molecule has 2 heterocycles. The van der Waals surface area contributed by atoms with E-state index in [-0.39, 0.29) is 46.9 Å². The zero-order valence-corrected chi connectivity index (χ0v) is 34.7. The summed E-state index contributed by atoms with van der Waals surface area (Å²) in [7, 11) is 1.39. The van der Waals surface area contributed by atoms with Crippen molar-refractivity contribution < 1.29 is 39.0 Å². The number of nitrogens with zero attached hydrogens (tertiary/aromatic N) is 2. The van der Waals surface area contributed by atoms with Crippen molar-refractivity contribution in [2.24, 2.45) is 5.73 Å². The van der Waals surface area contributed by atoms with E-state index in [1.807, 2.05) is 12.1 Å². The van der Waals surface area contributed by atoms with E-state index >= 15 is 0 Å². The Balaban J connectivity index is 1.30. The van der Waals surface area contributed by atoms with Gasteiger partial charge in [-0.2, -0.15) is 0 Å². The number of Topliss-reactive ketones (excluding diaryl/α,β-unsaturated/α-hetero) is 1. The number of phenols is 2. The minimum atomic E-state index is -1.44. The third-order valence-electron chi connectivity index (χ3n) is 10.6. The van der Waals surface area contributed by atoms with Gasteiger partial charge in [-0.15, -0.1) is 0 Å². The SMILES string of the molecule is CC1NC(=O)C(N(C)C(=O)C(CCCCN)NC(=O)c2ccc(-c3ccc(Cl)cc3)cc2)c2ccc(O)c(c2)-c2cc(ccc2O)CC(C(=O)NCC(=O)c2ncc[nH]2)NC1=O. The summed E-state index contributed by atoms with van der Waals surface area (Å²) >= 11 is 6.04. The highest BCUT2D eigenvalue weighted by Crippen LogP contribution is 2.39. The highest BCUT2D eigenvalue weighted by Gasteiger charge is 2.36. The van der Waals surface area contributed by atoms with E-state index < -0.39 is 66.0 Å². The molecule has 0 radical (unpaired) electrons. The van der Waals surface area contributed by atoms with Gasteiger partial charge in [0.25, 0.3) is 5.91 Å². The maximum absolute atomic E-state index is 14.5. The van der Waals surface area contributed by atoms with Gasteiger partial charge in [-0.25, -0.2) is 4.98 Å². The topological polar surface area (TPSA) is 249 Å². The van der Waals surface area contributed by atoms with E-state index in [2.05, 4.69) is 31.2 Å². The van der Waals surface area contributed by atoms with Gasteiger partial charge in [0.05, 0.1) is 6.54 Å². The zero-order chi connectivity index (χ0) is 44.5. The number of imidazole rings is 1. The second-order valence-corrected chi connectivity index (χ2v) is 15.4. The summed E-state index contributed by atoms with van der Waals surface area (Å²) in [6.07, 6.45) is 3.95. The average Bonchev–Trinajstić information content (AvgIpc) is 3.81. The number of carbonyl (C=O) groups excluding carboxylic acids is 6. The molecule has 0 saturated carbocycles. The number of hydrogen-bond acceptors (Lipinski definition) is 10. The number of aromatic amines is 1. The fourth-order valence-electron chi connectivity index (χ4n) is 7.13. The lowest BCUT2D eigenvalue weighted by Gasteiger charge is -2.32. The molecule has 0 aliphatic carbocycles. The summed E-state index contributed by atoms with van der Waals surface area (Å²) in [5.74, 6) is -4.41. The van der Waals surface area contributed by atoms with Gasteiger partial charge in [0.1, 0.15) is 35.7 Å². The normalized spacial score (nSPS) is 16.8. The number of aromatic hydroxyl groups is 2. The van der Waals surface area contributed by atoms with Crippen molar-refractivity contribution in [2.45, 2.75) is 56.8 Å². The van der Waals surface area contributed by atoms with Crippen LogP contribution in [0.4, 0.5) is 0 Å². The Morgan fingerprint density at radius 2 is 1.55 bits per heavy atom. The van der Waals surface area contributed by atoms with Gasteiger partial charge < -0.3 is 47.1 Å². The minimum absolute atomic E-state index is 0.0321. The number of fused-ring (bicyclic) bond motifs is 5. The summed E-state index contributed by atoms with van der Waals surface area (Å²) < 4.78 is 0. The summed E-state index contributed by atoms with van der Waals surface area (Å²) in [6, 6.07) is 17.6. The first kappa shape index (κ1) is 44.5. The van der Waals surface area contributed by atoms with Crippen LogP contribution in [-0.2, 0) is 25.6 Å². The molecule has 16 nitrogen and oxygen atoms in total. The number of aromatic nitrogens is 2. The summed E-state index contributed by atoms with van der Waals surface area (Å²) in [5, 5.41) is 33.4. The predicted molar refractivity (Wildman–Crippen MR) is 231 cm³/mol. The fourth-order valence-corrected chi connectivity index (χ4v) is 7.26. The molecule has 4 bridgehead atoms. The Bertz CT molecular complexity index is 2440. The molecule has 6 rings (SSSR count). The molecule has 9 N–H and O–H groups in total. The van der Waals surface area contributed by atoms with E-state index in [0.717, 1.165) is 16.0 Å². The number of H-pyrrole nitrogens is 1. The molecule has 4 unspecified atom stereocenters. The van der Waals surface area contributed by atoms with Crippen LogP contribution in [0.1, 0.15) is 64.3 Å². The maximum atomic E-state index is 14.5. The lowest BCUT2D eigenvalue weighted by molar-refractivity contribution is -0.141. The van der Waals surface area contributed by atoms with Crippen molar-refractivity contribution in [3.05, 3.63) is 125 Å². The molecule has 1 aliphatic heterocycles. The number of carbonyl (C=O) groups is 6. The lowest BCUT2D eigenvalue weighted by atomic mass is 9.93. The number of halogens is 1. The summed E-state index contributed by atoms with van der Waals surface area (Å²) in [5.41, 5.74) is 8.73. The number of hydrogen-bond donors (Lipinski definition) is 8. The first-order valence-corrected chi connectivity index (χ1v) is 20.3. The van der Waals surface area contributed by atoms with Gasteiger partial charge in [-0.1, -0.05) is 48.0 Å². The number of likely N-dealkylation sites (N-methyl/N-ethyl adjacent to an activating group) is 1. The van der Waals surface area contributed by atoms with Gasteiger partial charge in [-0.05, 0) is 104 Å². The monoisotopic (exact) mass is 862 g/mol. The lowest BCUT2D eigenvalue weighted by Crippen LogP contribution is -2.56. The summed E-state index contributed by atoms with van der Waals surface area (Å²) in [6.45, 7) is 1.32. The number of rotatable bonds is 13. The number of nitrogens with one attached hydrogen (secondary N) is 5. The Hall–Kier alpha value is -7.04. The largest absolute Gasteiger partial charge is 0.507 e. The number of benzene rings is 4. The molecule has 0 fully saturated rings. The second-order valence-electron chi connectivity index (χ2n) is 14.9. The molecular formula is C45H47ClN8O8. The third-order valence-corrected chi connectivity index (χ3v) is 10.8. The first-order chi connectivity index (χ1) is 29.7. The number of nitrogens with two attached hydrogens (primary N) is 1. The Morgan fingerprint density at radius 3 is 2.21 bits per heavy atom. The smallest absolute Gasteiger partial charge is 0.251 e. The van der Waals surface area contributed by atoms with Gasteiger partial charge >= 0.3 is 0 Å². The molecule has 1 aromatic heterocycles. The molecule has 322 valence electrons. The molecular weight excluding hydrogens is 816 g/mol. The van der Waals surface area contributed by atoms with Crippen molar-refractivity contribution in [3.63, 3.8) is 0 Å². The standard InChI is InChI=1S/C45H47ClN8O8/c1-25-41(58)53-35(43(60)50-24-38(57)40-48-19-20-49-40)22-26-6-16-36(55)32(21-26)33-23-30(13-17-37(33)56)39(44(61)51-25)54(2)45(62)34(5-3-4-18-47)52-42(59)29-9-7-27(8-10-29)28-11-14-31(46)15-12-28/h6-17,19-21,23,25,34-35,39,55-56H,3-5,18,22,24,47H2,1-2H3,(H,48,49)(H,50,60)(H,51,61)(H,52,59)(H,53,58). The van der Waals surface area contributed by atoms with Crippen LogP contribution in [0.3, 0.4) is 0 Å². The highest BCUT2D eigenvalue weighted by molar-refractivity contribution is 6.30. The maximum Gasteiger partial charge on any atom is 0.251 e. The van der Waals surface area contributed by atoms with E-state index in [1.54, 1.807) is 42.5 Å². The van der Waals surface area contributed by atoms with E-state index in [1.165, 1.54) is 56.7 Å². The van der Waals surface area contributed by atoms with Crippen LogP contribution in [0.2, 0.25) is 5.02 Å². The molecule has 5 aromatic rings. The van der Waals surface area contributed by atoms with Crippen molar-refractivity contribution in [1.29, 1.82) is 0 Å². The average molecular weight is 863 g/mol. The Morgan fingerprint density at radius 1 is 0.887 bits per heavy atom. The van der Waals surface area contributed by atoms with Gasteiger partial charge in [0, 0.05) is 47.6 Å². The van der Waals surface area contributed by atoms with Crippen molar-refractivity contribution in [1.82, 2.24) is 36.1 Å². The quantitative estimate of drug-likeness (QED) is 0.0629. The van der Waals surface area contributed by atoms with Gasteiger partial charge in [0.2, 0.25) is 29.4 Å². The molecule has 1 aliphatic rings. The van der Waals surface area contributed by atoms with Crippen LogP contribution in [0, 0.1) is 0 Å². The molecule has 4 atom stereocenters. The minimum Gasteiger partial charge on any atom is -0.507 e. The van der Waals surface area contributed by atoms with Crippen LogP contribution >= 0.6 is 11.6 Å². The van der Waals surface area contributed by atoms with Crippen molar-refractivity contribution in [3.8, 4) is 33.8 Å². The molecule has 62 heavy (non-hydrogen) atoms. The summed E-state index contributed by atoms with van der Waals surface area (Å²) in [4.78, 5) is 90.2. The molecule has 0 saturated heterocycles. The Labute approximate surface area is 362 Å². The highest BCUT2D eigenvalue weighted by atomic mass is 35.5. The van der Waals surface area contributed by atoms with Gasteiger partial charge in [0.15, 0.2) is 5.82 Å². The van der Waals surface area contributed by atoms with Crippen LogP contribution in [-0.4, -0.2) is 98.7 Å². The second kappa shape index (κ2) is 20.0. The van der Waals surface area contributed by atoms with Crippen LogP contribution in [0.5, 0.6) is 11.5 Å². The molecule has 17 heteroatoms. The number of amides is 5. The molecule has 0 spiro atoms. The number of phenolic OH excluding ortho intramolecular Hbond substituents is 2. The van der Waals surface area contributed by atoms with Gasteiger partial charge in [-0.3, -0.25) is 28.8 Å². The van der Waals surface area contributed by atoms with Crippen molar-refractivity contribution >= 4 is 46.9 Å².